The molecule has 0 aliphatic rings. The minimum Gasteiger partial charge on any atom is -0.378 e. The molecule has 360 valence electrons. The second-order valence-corrected chi connectivity index (χ2v) is 16.7. The van der Waals surface area contributed by atoms with E-state index in [-0.39, 0.29) is 18.4 Å². The Kier molecular flexibility index (Phi) is 44.4. The number of carbonyl (C=O) groups is 2. The van der Waals surface area contributed by atoms with Crippen molar-refractivity contribution in [3.05, 3.63) is 42.5 Å². The highest BCUT2D eigenvalue weighted by Crippen LogP contribution is 2.12. The molecule has 0 fully saturated rings. The number of unbranched alkanes of at least 4 members (excludes halogenated alkanes) is 24. The molecule has 1 atom stereocenters. The van der Waals surface area contributed by atoms with E-state index in [2.05, 4.69) is 58.8 Å². The molecule has 1 unspecified atom stereocenters. The Bertz CT molecular complexity index is 1130. The van der Waals surface area contributed by atoms with Crippen molar-refractivity contribution in [2.24, 2.45) is 0 Å². The lowest BCUT2D eigenvalue weighted by Crippen LogP contribution is -2.41. The number of hydrogen-bond acceptors (Lipinski definition) is 8. The van der Waals surface area contributed by atoms with Crippen LogP contribution in [0.5, 0.6) is 0 Å². The first-order valence-corrected chi connectivity index (χ1v) is 25.5. The van der Waals surface area contributed by atoms with Gasteiger partial charge in [-0.2, -0.15) is 0 Å². The summed E-state index contributed by atoms with van der Waals surface area (Å²) in [6.45, 7) is 9.33. The maximum absolute atomic E-state index is 13.1. The molecule has 1 aromatic rings. The molecule has 11 nitrogen and oxygen atoms in total. The van der Waals surface area contributed by atoms with Gasteiger partial charge in [-0.3, -0.25) is 9.59 Å². The van der Waals surface area contributed by atoms with Crippen LogP contribution in [0.2, 0.25) is 0 Å². The lowest BCUT2D eigenvalue weighted by molar-refractivity contribution is -0.137. The number of aromatic nitrogens is 2. The van der Waals surface area contributed by atoms with E-state index in [1.54, 1.807) is 0 Å². The number of amides is 2. The van der Waals surface area contributed by atoms with Gasteiger partial charge in [-0.15, -0.1) is 0 Å². The van der Waals surface area contributed by atoms with Gasteiger partial charge in [0, 0.05) is 26.3 Å². The van der Waals surface area contributed by atoms with Crippen LogP contribution in [0.3, 0.4) is 0 Å². The quantitative estimate of drug-likeness (QED) is 0.0435. The van der Waals surface area contributed by atoms with Gasteiger partial charge in [0.1, 0.15) is 5.69 Å². The summed E-state index contributed by atoms with van der Waals surface area (Å²) in [4.78, 5) is 31.5. The molecule has 0 spiro atoms. The highest BCUT2D eigenvalue weighted by molar-refractivity contribution is 5.91. The lowest BCUT2D eigenvalue weighted by atomic mass is 10.1. The first-order valence-electron chi connectivity index (χ1n) is 25.5. The molecule has 2 amide bonds. The Morgan fingerprint density at radius 2 is 0.935 bits per heavy atom. The number of aromatic amines is 1. The van der Waals surface area contributed by atoms with Crippen molar-refractivity contribution in [3.63, 3.8) is 0 Å². The number of ether oxygens (including phenoxy) is 5. The largest absolute Gasteiger partial charge is 0.378 e. The molecule has 1 rings (SSSR count). The maximum Gasteiger partial charge on any atom is 0.269 e. The monoisotopic (exact) mass is 875 g/mol. The van der Waals surface area contributed by atoms with Gasteiger partial charge < -0.3 is 39.3 Å². The first-order chi connectivity index (χ1) is 30.7. The van der Waals surface area contributed by atoms with E-state index in [9.17, 15) is 9.59 Å². The third kappa shape index (κ3) is 40.2. The Morgan fingerprint density at radius 1 is 0.516 bits per heavy atom. The van der Waals surface area contributed by atoms with Crippen LogP contribution in [0, 0.1) is 0 Å². The van der Waals surface area contributed by atoms with Crippen LogP contribution in [0.1, 0.15) is 204 Å². The van der Waals surface area contributed by atoms with Crippen LogP contribution in [0.25, 0.3) is 0 Å². The van der Waals surface area contributed by atoms with Gasteiger partial charge >= 0.3 is 0 Å². The van der Waals surface area contributed by atoms with Gasteiger partial charge in [0.2, 0.25) is 0 Å². The molecule has 0 saturated heterocycles. The molecule has 62 heavy (non-hydrogen) atoms. The predicted octanol–water partition coefficient (Wildman–Crippen LogP) is 11.8. The van der Waals surface area contributed by atoms with E-state index in [0.717, 1.165) is 25.7 Å². The average Bonchev–Trinajstić information content (AvgIpc) is 3.83. The molecule has 0 aliphatic heterocycles. The van der Waals surface area contributed by atoms with Crippen molar-refractivity contribution >= 4 is 11.8 Å². The zero-order chi connectivity index (χ0) is 44.5. The summed E-state index contributed by atoms with van der Waals surface area (Å²) < 4.78 is 28.8. The van der Waals surface area contributed by atoms with Gasteiger partial charge in [0.25, 0.3) is 11.8 Å². The average molecular weight is 875 g/mol. The van der Waals surface area contributed by atoms with Crippen molar-refractivity contribution in [3.8, 4) is 0 Å². The summed E-state index contributed by atoms with van der Waals surface area (Å²) in [5.41, 5.74) is 0.420. The van der Waals surface area contributed by atoms with Crippen molar-refractivity contribution in [2.45, 2.75) is 200 Å². The van der Waals surface area contributed by atoms with Gasteiger partial charge in [0.05, 0.1) is 58.8 Å². The summed E-state index contributed by atoms with van der Waals surface area (Å²) in [5.74, 6) is -0.358. The van der Waals surface area contributed by atoms with Crippen LogP contribution in [-0.4, -0.2) is 100 Å². The first kappa shape index (κ1) is 57.4. The third-order valence-electron chi connectivity index (χ3n) is 10.9. The van der Waals surface area contributed by atoms with E-state index in [4.69, 9.17) is 23.7 Å². The highest BCUT2D eigenvalue weighted by atomic mass is 16.5. The Morgan fingerprint density at radius 3 is 1.40 bits per heavy atom. The second-order valence-electron chi connectivity index (χ2n) is 16.7. The molecule has 0 bridgehead atoms. The number of nitrogens with one attached hydrogen (secondary N) is 3. The summed E-state index contributed by atoms with van der Waals surface area (Å²) in [6, 6.07) is 0. The molecule has 0 saturated carbocycles. The van der Waals surface area contributed by atoms with Crippen LogP contribution < -0.4 is 10.6 Å². The standard InChI is InChI=1S/C51H94N4O7/c1-3-5-7-9-11-13-15-17-19-21-23-25-27-29-31-33-37-61-46-49(62-38-34-32-30-28-26-24-22-20-18-16-14-12-10-8-6-4-2)51(57)54-36-40-59-42-44-60-43-41-58-39-35-53-50(56)48-45-52-47-55-48/h17-20,45,47,49H,3-16,21-44,46H2,1-2H3,(H,52,55)(H,53,56)(H,54,57)/b19-17-,20-18-. The summed E-state index contributed by atoms with van der Waals surface area (Å²) in [5, 5.41) is 5.72. The van der Waals surface area contributed by atoms with E-state index in [1.807, 2.05) is 0 Å². The van der Waals surface area contributed by atoms with Crippen LogP contribution in [0.4, 0.5) is 0 Å². The van der Waals surface area contributed by atoms with Crippen molar-refractivity contribution < 1.29 is 33.3 Å². The lowest BCUT2D eigenvalue weighted by Gasteiger charge is -2.18. The molecule has 0 aliphatic carbocycles. The highest BCUT2D eigenvalue weighted by Gasteiger charge is 2.19. The zero-order valence-corrected chi connectivity index (χ0v) is 39.9. The van der Waals surface area contributed by atoms with Crippen molar-refractivity contribution in [1.82, 2.24) is 20.6 Å². The van der Waals surface area contributed by atoms with E-state index in [1.165, 1.54) is 167 Å². The van der Waals surface area contributed by atoms with Crippen LogP contribution >= 0.6 is 0 Å². The van der Waals surface area contributed by atoms with Crippen molar-refractivity contribution in [1.29, 1.82) is 0 Å². The fourth-order valence-corrected chi connectivity index (χ4v) is 7.03. The summed E-state index contributed by atoms with van der Waals surface area (Å²) >= 11 is 0. The molecule has 3 N–H and O–H groups in total. The number of carbonyl (C=O) groups excluding carboxylic acids is 2. The number of allylic oxidation sites excluding steroid dienone is 4. The van der Waals surface area contributed by atoms with Crippen LogP contribution in [0.15, 0.2) is 36.8 Å². The Labute approximate surface area is 379 Å². The van der Waals surface area contributed by atoms with Gasteiger partial charge in [-0.25, -0.2) is 4.98 Å². The molecular formula is C51H94N4O7. The van der Waals surface area contributed by atoms with E-state index in [0.29, 0.717) is 71.6 Å². The number of rotatable bonds is 49. The fourth-order valence-electron chi connectivity index (χ4n) is 7.03. The SMILES string of the molecule is CCCCCCCC/C=C\CCCCCCCCOCC(OCCCCCCCC/C=C\CCCCCCCC)C(=O)NCCOCCOCCOCCNC(=O)c1cnc[nH]1. The minimum absolute atomic E-state index is 0.145. The number of imidazole rings is 1. The number of hydrogen-bond donors (Lipinski definition) is 3. The summed E-state index contributed by atoms with van der Waals surface area (Å²) in [6.07, 6.45) is 47.4. The molecule has 1 aromatic heterocycles. The summed E-state index contributed by atoms with van der Waals surface area (Å²) in [7, 11) is 0. The normalized spacial score (nSPS) is 12.2. The molecule has 11 heteroatoms. The van der Waals surface area contributed by atoms with Gasteiger partial charge in [-0.1, -0.05) is 154 Å². The van der Waals surface area contributed by atoms with Gasteiger partial charge in [0.15, 0.2) is 6.10 Å². The third-order valence-corrected chi connectivity index (χ3v) is 10.9. The Balaban J connectivity index is 2.17. The smallest absolute Gasteiger partial charge is 0.269 e. The Hall–Kier alpha value is -2.57. The van der Waals surface area contributed by atoms with Crippen molar-refractivity contribution in [2.75, 3.05) is 72.6 Å². The molecular weight excluding hydrogens is 781 g/mol. The maximum atomic E-state index is 13.1. The van der Waals surface area contributed by atoms with E-state index < -0.39 is 6.10 Å². The molecule has 0 aromatic carbocycles. The number of H-pyrrole nitrogens is 1. The molecule has 0 radical (unpaired) electrons. The minimum atomic E-state index is -0.616. The van der Waals surface area contributed by atoms with E-state index >= 15 is 0 Å². The van der Waals surface area contributed by atoms with Crippen LogP contribution in [-0.2, 0) is 28.5 Å². The molecule has 1 heterocycles. The topological polar surface area (TPSA) is 133 Å². The predicted molar refractivity (Wildman–Crippen MR) is 256 cm³/mol. The fraction of sp³-hybridized carbons (Fsp3) is 0.824. The number of nitrogens with zero attached hydrogens (tertiary/aromatic N) is 1. The zero-order valence-electron chi connectivity index (χ0n) is 39.9. The second kappa shape index (κ2) is 47.9. The van der Waals surface area contributed by atoms with Gasteiger partial charge in [-0.05, 0) is 64.2 Å².